The molecule has 0 amide bonds. The minimum Gasteiger partial charge on any atom is -0.506 e. The summed E-state index contributed by atoms with van der Waals surface area (Å²) in [6, 6.07) is 22.9. The minimum atomic E-state index is -4.06. The van der Waals surface area contributed by atoms with E-state index in [1.54, 1.807) is 36.5 Å². The molecule has 5 nitrogen and oxygen atoms in total. The van der Waals surface area contributed by atoms with Gasteiger partial charge in [-0.05, 0) is 36.4 Å². The van der Waals surface area contributed by atoms with Crippen LogP contribution in [-0.4, -0.2) is 18.5 Å². The summed E-state index contributed by atoms with van der Waals surface area (Å²) in [6.45, 7) is 0. The molecule has 0 atom stereocenters. The Kier molecular flexibility index (Phi) is 5.39. The SMILES string of the molecule is O=S(=O)(Nc1cc(Sc2cccc3cccnc23)c(O)c2ccccc12)c1cccc(F)c1. The molecule has 0 radical (unpaired) electrons. The van der Waals surface area contributed by atoms with Gasteiger partial charge in [0, 0.05) is 27.3 Å². The van der Waals surface area contributed by atoms with Gasteiger partial charge < -0.3 is 5.11 Å². The van der Waals surface area contributed by atoms with Gasteiger partial charge in [-0.3, -0.25) is 9.71 Å². The van der Waals surface area contributed by atoms with Crippen LogP contribution in [0.3, 0.4) is 0 Å². The number of para-hydroxylation sites is 1. The topological polar surface area (TPSA) is 79.3 Å². The van der Waals surface area contributed by atoms with Gasteiger partial charge in [-0.25, -0.2) is 12.8 Å². The smallest absolute Gasteiger partial charge is 0.262 e. The number of anilines is 1. The molecule has 0 fully saturated rings. The van der Waals surface area contributed by atoms with Crippen molar-refractivity contribution in [1.29, 1.82) is 0 Å². The van der Waals surface area contributed by atoms with E-state index >= 15 is 0 Å². The lowest BCUT2D eigenvalue weighted by molar-refractivity contribution is 0.469. The fourth-order valence-electron chi connectivity index (χ4n) is 3.61. The molecular weight excluding hydrogens is 459 g/mol. The Morgan fingerprint density at radius 2 is 1.61 bits per heavy atom. The number of halogens is 1. The summed E-state index contributed by atoms with van der Waals surface area (Å²) in [5.74, 6) is -0.606. The highest BCUT2D eigenvalue weighted by Gasteiger charge is 2.20. The number of sulfonamides is 1. The maximum atomic E-state index is 13.6. The molecular formula is C25H17FN2O3S2. The molecule has 0 saturated carbocycles. The number of phenols is 1. The summed E-state index contributed by atoms with van der Waals surface area (Å²) in [5.41, 5.74) is 1.06. The van der Waals surface area contributed by atoms with Crippen LogP contribution in [0.1, 0.15) is 0 Å². The van der Waals surface area contributed by atoms with Crippen molar-refractivity contribution < 1.29 is 17.9 Å². The van der Waals surface area contributed by atoms with E-state index < -0.39 is 15.8 Å². The van der Waals surface area contributed by atoms with Gasteiger partial charge in [-0.15, -0.1) is 0 Å². The van der Waals surface area contributed by atoms with E-state index in [4.69, 9.17) is 0 Å². The number of hydrogen-bond acceptors (Lipinski definition) is 5. The van der Waals surface area contributed by atoms with Crippen LogP contribution in [0.2, 0.25) is 0 Å². The first-order valence-electron chi connectivity index (χ1n) is 9.97. The Morgan fingerprint density at radius 1 is 0.848 bits per heavy atom. The molecule has 8 heteroatoms. The average molecular weight is 477 g/mol. The molecule has 1 heterocycles. The van der Waals surface area contributed by atoms with Crippen LogP contribution in [0, 0.1) is 5.82 Å². The van der Waals surface area contributed by atoms with Crippen molar-refractivity contribution in [2.75, 3.05) is 4.72 Å². The van der Waals surface area contributed by atoms with Crippen LogP contribution in [0.4, 0.5) is 10.1 Å². The Morgan fingerprint density at radius 3 is 2.42 bits per heavy atom. The third-order valence-corrected chi connectivity index (χ3v) is 7.59. The van der Waals surface area contributed by atoms with Gasteiger partial charge in [0.15, 0.2) is 0 Å². The van der Waals surface area contributed by atoms with Crippen molar-refractivity contribution in [3.05, 3.63) is 96.9 Å². The second kappa shape index (κ2) is 8.38. The normalized spacial score (nSPS) is 11.7. The number of benzene rings is 4. The number of aromatic nitrogens is 1. The van der Waals surface area contributed by atoms with Crippen LogP contribution in [0.15, 0.2) is 106 Å². The molecule has 0 unspecified atom stereocenters. The molecule has 2 N–H and O–H groups in total. The highest BCUT2D eigenvalue weighted by Crippen LogP contribution is 2.44. The van der Waals surface area contributed by atoms with Crippen LogP contribution in [0.25, 0.3) is 21.7 Å². The van der Waals surface area contributed by atoms with Gasteiger partial charge in [0.2, 0.25) is 0 Å². The second-order valence-electron chi connectivity index (χ2n) is 7.31. The van der Waals surface area contributed by atoms with Crippen LogP contribution in [-0.2, 0) is 10.0 Å². The molecule has 0 aliphatic rings. The van der Waals surface area contributed by atoms with E-state index in [2.05, 4.69) is 9.71 Å². The molecule has 0 spiro atoms. The van der Waals surface area contributed by atoms with Crippen molar-refractivity contribution in [2.45, 2.75) is 14.7 Å². The Bertz CT molecular complexity index is 1620. The Hall–Kier alpha value is -3.62. The van der Waals surface area contributed by atoms with E-state index in [9.17, 15) is 17.9 Å². The molecule has 5 rings (SSSR count). The Labute approximate surface area is 194 Å². The number of nitrogens with zero attached hydrogens (tertiary/aromatic N) is 1. The lowest BCUT2D eigenvalue weighted by Gasteiger charge is -2.15. The largest absolute Gasteiger partial charge is 0.506 e. The summed E-state index contributed by atoms with van der Waals surface area (Å²) in [6.07, 6.45) is 1.70. The predicted octanol–water partition coefficient (Wildman–Crippen LogP) is 6.18. The first-order chi connectivity index (χ1) is 15.9. The van der Waals surface area contributed by atoms with Gasteiger partial charge in [-0.2, -0.15) is 0 Å². The highest BCUT2D eigenvalue weighted by atomic mass is 32.2. The van der Waals surface area contributed by atoms with E-state index in [0.29, 0.717) is 15.7 Å². The molecule has 4 aromatic carbocycles. The number of phenolic OH excluding ortho intramolecular Hbond substituents is 1. The van der Waals surface area contributed by atoms with E-state index in [1.165, 1.54) is 30.0 Å². The second-order valence-corrected chi connectivity index (χ2v) is 10.1. The van der Waals surface area contributed by atoms with E-state index in [0.717, 1.165) is 21.9 Å². The minimum absolute atomic E-state index is 0.0391. The third-order valence-electron chi connectivity index (χ3n) is 5.15. The first-order valence-corrected chi connectivity index (χ1v) is 12.3. The van der Waals surface area contributed by atoms with Gasteiger partial charge in [0.1, 0.15) is 11.6 Å². The monoisotopic (exact) mass is 476 g/mol. The van der Waals surface area contributed by atoms with Crippen molar-refractivity contribution in [2.24, 2.45) is 0 Å². The van der Waals surface area contributed by atoms with Gasteiger partial charge in [0.05, 0.1) is 21.0 Å². The summed E-state index contributed by atoms with van der Waals surface area (Å²) >= 11 is 1.29. The van der Waals surface area contributed by atoms with Crippen LogP contribution in [0.5, 0.6) is 5.75 Å². The predicted molar refractivity (Wildman–Crippen MR) is 129 cm³/mol. The van der Waals surface area contributed by atoms with Crippen molar-refractivity contribution >= 4 is 49.1 Å². The Balaban J connectivity index is 1.63. The summed E-state index contributed by atoms with van der Waals surface area (Å²) < 4.78 is 42.1. The summed E-state index contributed by atoms with van der Waals surface area (Å²) in [5, 5.41) is 13.0. The lowest BCUT2D eigenvalue weighted by atomic mass is 10.1. The number of rotatable bonds is 5. The molecule has 164 valence electrons. The quantitative estimate of drug-likeness (QED) is 0.296. The van der Waals surface area contributed by atoms with Gasteiger partial charge in [-0.1, -0.05) is 60.3 Å². The van der Waals surface area contributed by atoms with Gasteiger partial charge >= 0.3 is 0 Å². The number of aromatic hydroxyl groups is 1. The standard InChI is InChI=1S/C25H17FN2O3S2/c26-17-8-4-9-18(14-17)33(30,31)28-21-15-23(25(29)20-11-2-1-10-19(20)21)32-22-12-3-6-16-7-5-13-27-24(16)22/h1-15,28-29H. The number of nitrogens with one attached hydrogen (secondary N) is 1. The van der Waals surface area contributed by atoms with E-state index in [-0.39, 0.29) is 16.3 Å². The van der Waals surface area contributed by atoms with Gasteiger partial charge in [0.25, 0.3) is 10.0 Å². The van der Waals surface area contributed by atoms with Crippen molar-refractivity contribution in [3.8, 4) is 5.75 Å². The molecule has 0 bridgehead atoms. The highest BCUT2D eigenvalue weighted by molar-refractivity contribution is 7.99. The molecule has 1 aromatic heterocycles. The maximum absolute atomic E-state index is 13.6. The zero-order valence-corrected chi connectivity index (χ0v) is 18.7. The molecule has 0 saturated heterocycles. The zero-order valence-electron chi connectivity index (χ0n) is 17.1. The zero-order chi connectivity index (χ0) is 23.0. The van der Waals surface area contributed by atoms with E-state index in [1.807, 2.05) is 30.3 Å². The van der Waals surface area contributed by atoms with Crippen molar-refractivity contribution in [1.82, 2.24) is 4.98 Å². The maximum Gasteiger partial charge on any atom is 0.262 e. The fourth-order valence-corrected chi connectivity index (χ4v) is 5.75. The lowest BCUT2D eigenvalue weighted by Crippen LogP contribution is -2.13. The molecule has 0 aliphatic heterocycles. The fraction of sp³-hybridized carbons (Fsp3) is 0. The van der Waals surface area contributed by atoms with Crippen LogP contribution < -0.4 is 4.72 Å². The summed E-state index contributed by atoms with van der Waals surface area (Å²) in [7, 11) is -4.06. The number of fused-ring (bicyclic) bond motifs is 2. The van der Waals surface area contributed by atoms with Crippen molar-refractivity contribution in [3.63, 3.8) is 0 Å². The number of hydrogen-bond donors (Lipinski definition) is 2. The third kappa shape index (κ3) is 4.10. The number of pyridine rings is 1. The molecule has 33 heavy (non-hydrogen) atoms. The summed E-state index contributed by atoms with van der Waals surface area (Å²) in [4.78, 5) is 5.54. The average Bonchev–Trinajstić information content (AvgIpc) is 2.82. The molecule has 5 aromatic rings. The molecule has 0 aliphatic carbocycles. The first kappa shape index (κ1) is 21.2. The van der Waals surface area contributed by atoms with Crippen LogP contribution >= 0.6 is 11.8 Å².